The zero-order valence-corrected chi connectivity index (χ0v) is 12.9. The van der Waals surface area contributed by atoms with E-state index in [1.807, 2.05) is 12.1 Å². The molecule has 0 amide bonds. The molecule has 1 aliphatic carbocycles. The maximum absolute atomic E-state index is 10.7. The highest BCUT2D eigenvalue weighted by Gasteiger charge is 2.21. The summed E-state index contributed by atoms with van der Waals surface area (Å²) in [4.78, 5) is 10.7. The second kappa shape index (κ2) is 7.09. The van der Waals surface area contributed by atoms with Gasteiger partial charge in [0.15, 0.2) is 0 Å². The van der Waals surface area contributed by atoms with E-state index in [0.717, 1.165) is 10.2 Å². The Bertz CT molecular complexity index is 472. The molecule has 1 saturated carbocycles. The number of hydrogen-bond donors (Lipinski definition) is 2. The molecule has 1 atom stereocenters. The Morgan fingerprint density at radius 1 is 1.45 bits per heavy atom. The molecule has 0 bridgehead atoms. The molecule has 1 fully saturated rings. The number of carbonyl (C=O) groups is 1. The number of halogens is 1. The van der Waals surface area contributed by atoms with Crippen molar-refractivity contribution >= 4 is 21.9 Å². The van der Waals surface area contributed by atoms with Gasteiger partial charge in [0, 0.05) is 10.9 Å². The van der Waals surface area contributed by atoms with Gasteiger partial charge in [0.05, 0.1) is 6.61 Å². The second-order valence-electron chi connectivity index (χ2n) is 5.25. The number of carboxylic acid groups (broad SMARTS) is 1. The fourth-order valence-corrected chi connectivity index (χ4v) is 3.00. The minimum Gasteiger partial charge on any atom is -0.493 e. The lowest BCUT2D eigenvalue weighted by molar-refractivity contribution is -0.138. The fraction of sp³-hybridized carbons (Fsp3) is 0.533. The molecule has 0 aliphatic heterocycles. The first-order chi connectivity index (χ1) is 9.58. The molecule has 2 rings (SSSR count). The number of rotatable bonds is 6. The number of aliphatic carboxylic acids is 1. The van der Waals surface area contributed by atoms with Crippen molar-refractivity contribution in [1.29, 1.82) is 0 Å². The van der Waals surface area contributed by atoms with E-state index in [1.54, 1.807) is 0 Å². The van der Waals surface area contributed by atoms with Crippen molar-refractivity contribution in [2.45, 2.75) is 44.1 Å². The topological polar surface area (TPSA) is 72.5 Å². The molecule has 0 unspecified atom stereocenters. The standard InChI is InChI=1S/C15H20BrNO3/c16-11-5-6-14(20-8-7-13(17)15(18)19)12(9-11)10-3-1-2-4-10/h5-6,9-10,13H,1-4,7-8,17H2,(H,18,19)/t13-/m0/s1. The van der Waals surface area contributed by atoms with Crippen molar-refractivity contribution in [3.05, 3.63) is 28.2 Å². The summed E-state index contributed by atoms with van der Waals surface area (Å²) in [5, 5.41) is 8.76. The molecule has 0 heterocycles. The Morgan fingerprint density at radius 3 is 2.80 bits per heavy atom. The Hall–Kier alpha value is -1.07. The van der Waals surface area contributed by atoms with Gasteiger partial charge >= 0.3 is 5.97 Å². The third-order valence-corrected chi connectivity index (χ3v) is 4.26. The van der Waals surface area contributed by atoms with E-state index in [4.69, 9.17) is 15.6 Å². The van der Waals surface area contributed by atoms with Gasteiger partial charge in [0.25, 0.3) is 0 Å². The monoisotopic (exact) mass is 341 g/mol. The first kappa shape index (κ1) is 15.3. The molecule has 0 saturated heterocycles. The van der Waals surface area contributed by atoms with Gasteiger partial charge in [-0.2, -0.15) is 0 Å². The summed E-state index contributed by atoms with van der Waals surface area (Å²) in [6.45, 7) is 0.328. The molecule has 1 aliphatic rings. The lowest BCUT2D eigenvalue weighted by Gasteiger charge is -2.17. The van der Waals surface area contributed by atoms with Gasteiger partial charge in [-0.3, -0.25) is 4.79 Å². The molecule has 0 aromatic heterocycles. The van der Waals surface area contributed by atoms with Gasteiger partial charge in [0.2, 0.25) is 0 Å². The molecule has 3 N–H and O–H groups in total. The minimum atomic E-state index is -0.986. The summed E-state index contributed by atoms with van der Waals surface area (Å²) < 4.78 is 6.81. The Labute approximate surface area is 127 Å². The predicted octanol–water partition coefficient (Wildman–Crippen LogP) is 3.29. The van der Waals surface area contributed by atoms with E-state index in [0.29, 0.717) is 18.9 Å². The van der Waals surface area contributed by atoms with E-state index in [-0.39, 0.29) is 0 Å². The highest BCUT2D eigenvalue weighted by Crippen LogP contribution is 2.39. The Kier molecular flexibility index (Phi) is 5.43. The van der Waals surface area contributed by atoms with Crippen molar-refractivity contribution < 1.29 is 14.6 Å². The quantitative estimate of drug-likeness (QED) is 0.832. The van der Waals surface area contributed by atoms with Gasteiger partial charge in [-0.15, -0.1) is 0 Å². The summed E-state index contributed by atoms with van der Waals surface area (Å²) in [5.41, 5.74) is 6.70. The molecule has 5 heteroatoms. The van der Waals surface area contributed by atoms with Gasteiger partial charge in [-0.05, 0) is 42.5 Å². The maximum Gasteiger partial charge on any atom is 0.320 e. The summed E-state index contributed by atoms with van der Waals surface area (Å²) in [7, 11) is 0. The first-order valence-corrected chi connectivity index (χ1v) is 7.78. The van der Waals surface area contributed by atoms with Crippen LogP contribution in [0, 0.1) is 0 Å². The Morgan fingerprint density at radius 2 is 2.15 bits per heavy atom. The lowest BCUT2D eigenvalue weighted by atomic mass is 9.97. The number of benzene rings is 1. The van der Waals surface area contributed by atoms with Crippen LogP contribution in [0.3, 0.4) is 0 Å². The van der Waals surface area contributed by atoms with E-state index >= 15 is 0 Å². The van der Waals surface area contributed by atoms with Crippen LogP contribution in [-0.4, -0.2) is 23.7 Å². The van der Waals surface area contributed by atoms with Crippen LogP contribution in [-0.2, 0) is 4.79 Å². The average molecular weight is 342 g/mol. The molecule has 0 radical (unpaired) electrons. The van der Waals surface area contributed by atoms with Gasteiger partial charge < -0.3 is 15.6 Å². The predicted molar refractivity (Wildman–Crippen MR) is 81.1 cm³/mol. The van der Waals surface area contributed by atoms with Crippen molar-refractivity contribution in [3.63, 3.8) is 0 Å². The van der Waals surface area contributed by atoms with E-state index in [9.17, 15) is 4.79 Å². The summed E-state index contributed by atoms with van der Waals surface area (Å²) in [5.74, 6) is 0.425. The average Bonchev–Trinajstić information content (AvgIpc) is 2.94. The van der Waals surface area contributed by atoms with Crippen LogP contribution in [0.4, 0.5) is 0 Å². The number of ether oxygens (including phenoxy) is 1. The summed E-state index contributed by atoms with van der Waals surface area (Å²) in [6, 6.07) is 5.15. The number of nitrogens with two attached hydrogens (primary N) is 1. The van der Waals surface area contributed by atoms with Gasteiger partial charge in [-0.1, -0.05) is 28.8 Å². The van der Waals surface area contributed by atoms with E-state index in [1.165, 1.54) is 31.2 Å². The third kappa shape index (κ3) is 3.96. The van der Waals surface area contributed by atoms with E-state index in [2.05, 4.69) is 22.0 Å². The molecule has 110 valence electrons. The van der Waals surface area contributed by atoms with Crippen molar-refractivity contribution in [3.8, 4) is 5.75 Å². The highest BCUT2D eigenvalue weighted by atomic mass is 79.9. The maximum atomic E-state index is 10.7. The largest absolute Gasteiger partial charge is 0.493 e. The molecular weight excluding hydrogens is 322 g/mol. The molecule has 1 aromatic carbocycles. The third-order valence-electron chi connectivity index (χ3n) is 3.77. The van der Waals surface area contributed by atoms with Crippen molar-refractivity contribution in [2.75, 3.05) is 6.61 Å². The van der Waals surface area contributed by atoms with Crippen LogP contribution >= 0.6 is 15.9 Å². The van der Waals surface area contributed by atoms with Crippen molar-refractivity contribution in [2.24, 2.45) is 5.73 Å². The molecular formula is C15H20BrNO3. The zero-order chi connectivity index (χ0) is 14.5. The SMILES string of the molecule is N[C@@H](CCOc1ccc(Br)cc1C1CCCC1)C(=O)O. The molecule has 1 aromatic rings. The van der Waals surface area contributed by atoms with Crippen LogP contribution in [0.2, 0.25) is 0 Å². The van der Waals surface area contributed by atoms with Crippen LogP contribution < -0.4 is 10.5 Å². The smallest absolute Gasteiger partial charge is 0.320 e. The first-order valence-electron chi connectivity index (χ1n) is 6.98. The fourth-order valence-electron chi connectivity index (χ4n) is 2.63. The summed E-state index contributed by atoms with van der Waals surface area (Å²) >= 11 is 3.50. The minimum absolute atomic E-state index is 0.315. The molecule has 20 heavy (non-hydrogen) atoms. The number of hydrogen-bond acceptors (Lipinski definition) is 3. The molecule has 4 nitrogen and oxygen atoms in total. The summed E-state index contributed by atoms with van der Waals surface area (Å²) in [6.07, 6.45) is 5.24. The van der Waals surface area contributed by atoms with Crippen LogP contribution in [0.15, 0.2) is 22.7 Å². The normalized spacial score (nSPS) is 17.1. The van der Waals surface area contributed by atoms with Crippen LogP contribution in [0.1, 0.15) is 43.6 Å². The lowest BCUT2D eigenvalue weighted by Crippen LogP contribution is -2.31. The number of carboxylic acids is 1. The van der Waals surface area contributed by atoms with Crippen molar-refractivity contribution in [1.82, 2.24) is 0 Å². The highest BCUT2D eigenvalue weighted by molar-refractivity contribution is 9.10. The van der Waals surface area contributed by atoms with E-state index < -0.39 is 12.0 Å². The Balaban J connectivity index is 2.01. The second-order valence-corrected chi connectivity index (χ2v) is 6.16. The van der Waals surface area contributed by atoms with Gasteiger partial charge in [-0.25, -0.2) is 0 Å². The van der Waals surface area contributed by atoms with Gasteiger partial charge in [0.1, 0.15) is 11.8 Å². The zero-order valence-electron chi connectivity index (χ0n) is 11.3. The van der Waals surface area contributed by atoms with Crippen LogP contribution in [0.5, 0.6) is 5.75 Å². The molecule has 0 spiro atoms. The van der Waals surface area contributed by atoms with Crippen LogP contribution in [0.25, 0.3) is 0 Å².